The maximum atomic E-state index is 9.85. The number of aliphatic hydroxyl groups is 1. The summed E-state index contributed by atoms with van der Waals surface area (Å²) < 4.78 is 0. The molecule has 0 bridgehead atoms. The predicted molar refractivity (Wildman–Crippen MR) is 54.2 cm³/mol. The zero-order chi connectivity index (χ0) is 9.61. The normalized spacial score (nSPS) is 15.7. The van der Waals surface area contributed by atoms with Gasteiger partial charge in [0.25, 0.3) is 0 Å². The standard InChI is InChI=1S/C11H22O/c1-5-6-7-8-11(4,12)9-10(2)3/h12H,2,5-9H2,1,3-4H3. The minimum atomic E-state index is -0.527. The third kappa shape index (κ3) is 6.41. The molecule has 0 radical (unpaired) electrons. The minimum absolute atomic E-state index is 0.527. The van der Waals surface area contributed by atoms with Crippen molar-refractivity contribution in [1.29, 1.82) is 0 Å². The van der Waals surface area contributed by atoms with Crippen LogP contribution in [-0.4, -0.2) is 10.7 Å². The SMILES string of the molecule is C=C(C)CC(C)(O)CCCCC. The molecule has 12 heavy (non-hydrogen) atoms. The second-order valence-electron chi connectivity index (χ2n) is 4.09. The molecule has 0 aromatic heterocycles. The molecule has 0 fully saturated rings. The average Bonchev–Trinajstić information content (AvgIpc) is 1.84. The van der Waals surface area contributed by atoms with E-state index in [-0.39, 0.29) is 0 Å². The summed E-state index contributed by atoms with van der Waals surface area (Å²) in [4.78, 5) is 0. The van der Waals surface area contributed by atoms with Gasteiger partial charge in [0.2, 0.25) is 0 Å². The Hall–Kier alpha value is -0.300. The Kier molecular flexibility index (Phi) is 5.23. The van der Waals surface area contributed by atoms with Gasteiger partial charge < -0.3 is 5.11 Å². The van der Waals surface area contributed by atoms with E-state index in [1.54, 1.807) is 0 Å². The molecule has 1 heteroatoms. The summed E-state index contributed by atoms with van der Waals surface area (Å²) in [6, 6.07) is 0. The molecule has 1 atom stereocenters. The van der Waals surface area contributed by atoms with Crippen LogP contribution in [0.1, 0.15) is 52.9 Å². The molecule has 0 aliphatic rings. The third-order valence-electron chi connectivity index (χ3n) is 2.00. The largest absolute Gasteiger partial charge is 0.390 e. The van der Waals surface area contributed by atoms with Crippen LogP contribution in [0.5, 0.6) is 0 Å². The Bertz CT molecular complexity index is 136. The van der Waals surface area contributed by atoms with E-state index in [4.69, 9.17) is 0 Å². The van der Waals surface area contributed by atoms with E-state index in [1.165, 1.54) is 12.8 Å². The van der Waals surface area contributed by atoms with Crippen molar-refractivity contribution in [1.82, 2.24) is 0 Å². The highest BCUT2D eigenvalue weighted by molar-refractivity contribution is 4.95. The molecule has 0 saturated heterocycles. The fourth-order valence-electron chi connectivity index (χ4n) is 1.49. The van der Waals surface area contributed by atoms with Crippen molar-refractivity contribution in [2.75, 3.05) is 0 Å². The van der Waals surface area contributed by atoms with E-state index >= 15 is 0 Å². The molecule has 0 aliphatic carbocycles. The van der Waals surface area contributed by atoms with E-state index < -0.39 is 5.60 Å². The van der Waals surface area contributed by atoms with Crippen LogP contribution in [0.2, 0.25) is 0 Å². The van der Waals surface area contributed by atoms with Gasteiger partial charge in [0, 0.05) is 0 Å². The monoisotopic (exact) mass is 170 g/mol. The molecule has 0 aliphatic heterocycles. The first-order chi connectivity index (χ1) is 5.48. The lowest BCUT2D eigenvalue weighted by atomic mass is 9.92. The minimum Gasteiger partial charge on any atom is -0.390 e. The number of unbranched alkanes of at least 4 members (excludes halogenated alkanes) is 2. The molecule has 0 saturated carbocycles. The van der Waals surface area contributed by atoms with Crippen molar-refractivity contribution >= 4 is 0 Å². The van der Waals surface area contributed by atoms with E-state index in [0.29, 0.717) is 0 Å². The van der Waals surface area contributed by atoms with Crippen LogP contribution in [0.15, 0.2) is 12.2 Å². The molecular weight excluding hydrogens is 148 g/mol. The zero-order valence-electron chi connectivity index (χ0n) is 8.69. The maximum absolute atomic E-state index is 9.85. The lowest BCUT2D eigenvalue weighted by Gasteiger charge is -2.23. The molecule has 1 N–H and O–H groups in total. The first-order valence-electron chi connectivity index (χ1n) is 4.84. The Labute approximate surface area is 76.5 Å². The summed E-state index contributed by atoms with van der Waals surface area (Å²) >= 11 is 0. The smallest absolute Gasteiger partial charge is 0.0656 e. The van der Waals surface area contributed by atoms with Crippen molar-refractivity contribution < 1.29 is 5.11 Å². The van der Waals surface area contributed by atoms with Crippen molar-refractivity contribution in [2.24, 2.45) is 0 Å². The number of rotatable bonds is 6. The molecule has 0 amide bonds. The van der Waals surface area contributed by atoms with Gasteiger partial charge in [0.1, 0.15) is 0 Å². The Morgan fingerprint density at radius 3 is 2.42 bits per heavy atom. The fraction of sp³-hybridized carbons (Fsp3) is 0.818. The Balaban J connectivity index is 3.63. The number of hydrogen-bond acceptors (Lipinski definition) is 1. The summed E-state index contributed by atoms with van der Waals surface area (Å²) in [6.07, 6.45) is 5.18. The van der Waals surface area contributed by atoms with Crippen molar-refractivity contribution in [3.63, 3.8) is 0 Å². The van der Waals surface area contributed by atoms with Gasteiger partial charge in [-0.05, 0) is 26.7 Å². The van der Waals surface area contributed by atoms with Crippen molar-refractivity contribution in [3.8, 4) is 0 Å². The molecule has 0 rings (SSSR count). The molecule has 0 aromatic rings. The van der Waals surface area contributed by atoms with E-state index in [0.717, 1.165) is 24.8 Å². The van der Waals surface area contributed by atoms with Gasteiger partial charge in [-0.25, -0.2) is 0 Å². The Morgan fingerprint density at radius 1 is 1.42 bits per heavy atom. The van der Waals surface area contributed by atoms with Crippen LogP contribution >= 0.6 is 0 Å². The lowest BCUT2D eigenvalue weighted by molar-refractivity contribution is 0.0488. The van der Waals surface area contributed by atoms with Gasteiger partial charge >= 0.3 is 0 Å². The molecule has 0 heterocycles. The second kappa shape index (κ2) is 5.36. The van der Waals surface area contributed by atoms with Crippen molar-refractivity contribution in [3.05, 3.63) is 12.2 Å². The summed E-state index contributed by atoms with van der Waals surface area (Å²) in [7, 11) is 0. The van der Waals surface area contributed by atoms with E-state index in [2.05, 4.69) is 13.5 Å². The van der Waals surface area contributed by atoms with E-state index in [1.807, 2.05) is 13.8 Å². The highest BCUT2D eigenvalue weighted by Crippen LogP contribution is 2.21. The van der Waals surface area contributed by atoms with Crippen LogP contribution in [-0.2, 0) is 0 Å². The van der Waals surface area contributed by atoms with Crippen LogP contribution in [0.3, 0.4) is 0 Å². The molecule has 0 aromatic carbocycles. The highest BCUT2D eigenvalue weighted by Gasteiger charge is 2.18. The van der Waals surface area contributed by atoms with Gasteiger partial charge in [-0.15, -0.1) is 6.58 Å². The molecular formula is C11H22O. The first-order valence-corrected chi connectivity index (χ1v) is 4.84. The second-order valence-corrected chi connectivity index (χ2v) is 4.09. The third-order valence-corrected chi connectivity index (χ3v) is 2.00. The van der Waals surface area contributed by atoms with Crippen molar-refractivity contribution in [2.45, 2.75) is 58.5 Å². The van der Waals surface area contributed by atoms with Crippen LogP contribution in [0.25, 0.3) is 0 Å². The van der Waals surface area contributed by atoms with Gasteiger partial charge in [0.05, 0.1) is 5.60 Å². The van der Waals surface area contributed by atoms with Crippen LogP contribution in [0.4, 0.5) is 0 Å². The highest BCUT2D eigenvalue weighted by atomic mass is 16.3. The summed E-state index contributed by atoms with van der Waals surface area (Å²) in [5.74, 6) is 0. The van der Waals surface area contributed by atoms with Gasteiger partial charge in [-0.3, -0.25) is 0 Å². The molecule has 0 spiro atoms. The average molecular weight is 170 g/mol. The number of hydrogen-bond donors (Lipinski definition) is 1. The predicted octanol–water partition coefficient (Wildman–Crippen LogP) is 3.28. The quantitative estimate of drug-likeness (QED) is 0.479. The van der Waals surface area contributed by atoms with Crippen LogP contribution in [0, 0.1) is 0 Å². The molecule has 1 unspecified atom stereocenters. The van der Waals surface area contributed by atoms with E-state index in [9.17, 15) is 5.11 Å². The Morgan fingerprint density at radius 2 is 2.00 bits per heavy atom. The van der Waals surface area contributed by atoms with Gasteiger partial charge in [-0.2, -0.15) is 0 Å². The van der Waals surface area contributed by atoms with Crippen LogP contribution < -0.4 is 0 Å². The fourth-order valence-corrected chi connectivity index (χ4v) is 1.49. The molecule has 72 valence electrons. The summed E-state index contributed by atoms with van der Waals surface area (Å²) in [6.45, 7) is 9.85. The lowest BCUT2D eigenvalue weighted by Crippen LogP contribution is -2.23. The summed E-state index contributed by atoms with van der Waals surface area (Å²) in [5.41, 5.74) is 0.539. The maximum Gasteiger partial charge on any atom is 0.0656 e. The first kappa shape index (κ1) is 11.7. The van der Waals surface area contributed by atoms with Gasteiger partial charge in [-0.1, -0.05) is 31.8 Å². The zero-order valence-corrected chi connectivity index (χ0v) is 8.69. The summed E-state index contributed by atoms with van der Waals surface area (Å²) in [5, 5.41) is 9.85. The molecule has 1 nitrogen and oxygen atoms in total. The van der Waals surface area contributed by atoms with Gasteiger partial charge in [0.15, 0.2) is 0 Å². The topological polar surface area (TPSA) is 20.2 Å².